The molecule has 0 spiro atoms. The molecule has 2 aromatic carbocycles. The summed E-state index contributed by atoms with van der Waals surface area (Å²) >= 11 is 6.74. The van der Waals surface area contributed by atoms with Crippen molar-refractivity contribution in [3.8, 4) is 5.75 Å². The molecule has 7 nitrogen and oxygen atoms in total. The fraction of sp³-hybridized carbons (Fsp3) is 0.375. The quantitative estimate of drug-likeness (QED) is 0.488. The first kappa shape index (κ1) is 23.3. The van der Waals surface area contributed by atoms with Crippen LogP contribution < -0.4 is 15.0 Å². The molecule has 33 heavy (non-hydrogen) atoms. The third kappa shape index (κ3) is 5.20. The lowest BCUT2D eigenvalue weighted by molar-refractivity contribution is 0.0708. The van der Waals surface area contributed by atoms with Crippen LogP contribution in [0.1, 0.15) is 37.0 Å². The highest BCUT2D eigenvalue weighted by Crippen LogP contribution is 2.27. The summed E-state index contributed by atoms with van der Waals surface area (Å²) in [5.41, 5.74) is 2.46. The second kappa shape index (κ2) is 9.93. The third-order valence-corrected chi connectivity index (χ3v) is 7.06. The average Bonchev–Trinajstić information content (AvgIpc) is 3.18. The molecule has 0 saturated carbocycles. The molecular weight excluding hydrogens is 456 g/mol. The Labute approximate surface area is 202 Å². The number of anilines is 1. The van der Waals surface area contributed by atoms with Crippen LogP contribution in [-0.2, 0) is 0 Å². The Balaban J connectivity index is 1.38. The second-order valence-corrected chi connectivity index (χ2v) is 10.1. The Bertz CT molecular complexity index is 1190. The SMILES string of the molecule is COc1ccc(C(=O)N2CCC(NC(=O)N(c3ccc4[nH]c(=S)sc4c3)C(C)C)CC2)cc1. The summed E-state index contributed by atoms with van der Waals surface area (Å²) in [4.78, 5) is 32.8. The highest BCUT2D eigenvalue weighted by molar-refractivity contribution is 7.73. The van der Waals surface area contributed by atoms with Gasteiger partial charge in [0.25, 0.3) is 5.91 Å². The Hall–Kier alpha value is -2.91. The van der Waals surface area contributed by atoms with E-state index < -0.39 is 0 Å². The molecule has 0 unspecified atom stereocenters. The summed E-state index contributed by atoms with van der Waals surface area (Å²) in [5, 5.41) is 3.17. The van der Waals surface area contributed by atoms with Crippen LogP contribution in [0.2, 0.25) is 0 Å². The number of ether oxygens (including phenoxy) is 1. The molecular formula is C24H28N4O3S2. The number of urea groups is 1. The molecule has 1 aliphatic rings. The number of fused-ring (bicyclic) bond motifs is 1. The lowest BCUT2D eigenvalue weighted by Gasteiger charge is -2.35. The van der Waals surface area contributed by atoms with Gasteiger partial charge in [-0.25, -0.2) is 4.79 Å². The standard InChI is InChI=1S/C24H28N4O3S2/c1-15(2)28(18-6-9-20-21(14-18)33-24(32)26-20)23(30)25-17-10-12-27(13-11-17)22(29)16-4-7-19(31-3)8-5-16/h4-9,14-15,17H,10-13H2,1-3H3,(H,25,30)(H,26,32). The molecule has 2 heterocycles. The average molecular weight is 485 g/mol. The van der Waals surface area contributed by atoms with E-state index in [1.165, 1.54) is 11.3 Å². The van der Waals surface area contributed by atoms with E-state index in [0.29, 0.717) is 18.7 Å². The van der Waals surface area contributed by atoms with Gasteiger partial charge in [0.15, 0.2) is 3.95 Å². The van der Waals surface area contributed by atoms with Gasteiger partial charge in [-0.15, -0.1) is 11.3 Å². The van der Waals surface area contributed by atoms with Gasteiger partial charge in [-0.1, -0.05) is 0 Å². The number of carbonyl (C=O) groups is 2. The number of thiazole rings is 1. The summed E-state index contributed by atoms with van der Waals surface area (Å²) in [5.74, 6) is 0.733. The first-order valence-corrected chi connectivity index (χ1v) is 12.2. The summed E-state index contributed by atoms with van der Waals surface area (Å²) < 4.78 is 6.91. The first-order chi connectivity index (χ1) is 15.9. The van der Waals surface area contributed by atoms with E-state index >= 15 is 0 Å². The molecule has 3 aromatic rings. The van der Waals surface area contributed by atoms with E-state index in [4.69, 9.17) is 17.0 Å². The van der Waals surface area contributed by atoms with Crippen LogP contribution in [0.3, 0.4) is 0 Å². The highest BCUT2D eigenvalue weighted by Gasteiger charge is 2.27. The lowest BCUT2D eigenvalue weighted by atomic mass is 10.0. The van der Waals surface area contributed by atoms with Gasteiger partial charge in [0.05, 0.1) is 17.3 Å². The van der Waals surface area contributed by atoms with Crippen molar-refractivity contribution in [1.82, 2.24) is 15.2 Å². The Morgan fingerprint density at radius 1 is 1.18 bits per heavy atom. The molecule has 3 amide bonds. The van der Waals surface area contributed by atoms with Gasteiger partial charge < -0.3 is 19.9 Å². The number of rotatable bonds is 5. The van der Waals surface area contributed by atoms with E-state index in [2.05, 4.69) is 10.3 Å². The van der Waals surface area contributed by atoms with Crippen molar-refractivity contribution in [2.75, 3.05) is 25.1 Å². The van der Waals surface area contributed by atoms with Gasteiger partial charge in [-0.3, -0.25) is 9.69 Å². The van der Waals surface area contributed by atoms with Crippen molar-refractivity contribution in [2.45, 2.75) is 38.8 Å². The van der Waals surface area contributed by atoms with Gasteiger partial charge in [-0.2, -0.15) is 0 Å². The topological polar surface area (TPSA) is 77.7 Å². The maximum Gasteiger partial charge on any atom is 0.322 e. The largest absolute Gasteiger partial charge is 0.497 e. The number of H-pyrrole nitrogens is 1. The molecule has 1 fully saturated rings. The zero-order chi connectivity index (χ0) is 23.5. The summed E-state index contributed by atoms with van der Waals surface area (Å²) in [6, 6.07) is 13.0. The van der Waals surface area contributed by atoms with Gasteiger partial charge in [0.1, 0.15) is 5.75 Å². The van der Waals surface area contributed by atoms with Crippen molar-refractivity contribution >= 4 is 51.4 Å². The number of amides is 3. The van der Waals surface area contributed by atoms with E-state index in [1.54, 1.807) is 36.3 Å². The molecule has 4 rings (SSSR count). The summed E-state index contributed by atoms with van der Waals surface area (Å²) in [7, 11) is 1.60. The third-order valence-electron chi connectivity index (χ3n) is 5.86. The van der Waals surface area contributed by atoms with Gasteiger partial charge >= 0.3 is 6.03 Å². The second-order valence-electron chi connectivity index (χ2n) is 8.40. The molecule has 0 aliphatic carbocycles. The zero-order valence-electron chi connectivity index (χ0n) is 19.0. The van der Waals surface area contributed by atoms with Crippen LogP contribution in [0.4, 0.5) is 10.5 Å². The molecule has 1 aromatic heterocycles. The minimum absolute atomic E-state index is 0.00778. The van der Waals surface area contributed by atoms with E-state index in [9.17, 15) is 9.59 Å². The Morgan fingerprint density at radius 2 is 1.88 bits per heavy atom. The smallest absolute Gasteiger partial charge is 0.322 e. The Kier molecular flexibility index (Phi) is 6.99. The lowest BCUT2D eigenvalue weighted by Crippen LogP contribution is -2.52. The monoisotopic (exact) mass is 484 g/mol. The number of carbonyl (C=O) groups excluding carboxylic acids is 2. The van der Waals surface area contributed by atoms with Crippen LogP contribution in [0.15, 0.2) is 42.5 Å². The van der Waals surface area contributed by atoms with E-state index in [1.807, 2.05) is 36.9 Å². The number of nitrogens with zero attached hydrogens (tertiary/aromatic N) is 2. The first-order valence-electron chi connectivity index (χ1n) is 11.0. The number of piperidine rings is 1. The van der Waals surface area contributed by atoms with Crippen molar-refractivity contribution in [1.29, 1.82) is 0 Å². The highest BCUT2D eigenvalue weighted by atomic mass is 32.1. The predicted octanol–water partition coefficient (Wildman–Crippen LogP) is 5.20. The number of nitrogens with one attached hydrogen (secondary N) is 2. The molecule has 1 saturated heterocycles. The summed E-state index contributed by atoms with van der Waals surface area (Å²) in [6.45, 7) is 5.21. The molecule has 9 heteroatoms. The molecule has 0 bridgehead atoms. The fourth-order valence-corrected chi connectivity index (χ4v) is 5.27. The van der Waals surface area contributed by atoms with Gasteiger partial charge in [-0.05, 0) is 81.4 Å². The minimum Gasteiger partial charge on any atom is -0.497 e. The Morgan fingerprint density at radius 3 is 2.52 bits per heavy atom. The number of aromatic amines is 1. The maximum atomic E-state index is 13.2. The molecule has 0 atom stereocenters. The molecule has 1 aliphatic heterocycles. The van der Waals surface area contributed by atoms with Crippen LogP contribution in [-0.4, -0.2) is 54.1 Å². The van der Waals surface area contributed by atoms with E-state index in [-0.39, 0.29) is 24.0 Å². The molecule has 0 radical (unpaired) electrons. The van der Waals surface area contributed by atoms with Gasteiger partial charge in [0, 0.05) is 36.4 Å². The number of benzene rings is 2. The number of likely N-dealkylation sites (tertiary alicyclic amines) is 1. The summed E-state index contributed by atoms with van der Waals surface area (Å²) in [6.07, 6.45) is 1.44. The number of hydrogen-bond donors (Lipinski definition) is 2. The van der Waals surface area contributed by atoms with Crippen LogP contribution in [0.5, 0.6) is 5.75 Å². The minimum atomic E-state index is -0.122. The van der Waals surface area contributed by atoms with Crippen molar-refractivity contribution in [3.05, 3.63) is 52.0 Å². The van der Waals surface area contributed by atoms with Crippen LogP contribution >= 0.6 is 23.6 Å². The maximum absolute atomic E-state index is 13.2. The normalized spacial score (nSPS) is 14.5. The number of hydrogen-bond acceptors (Lipinski definition) is 5. The van der Waals surface area contributed by atoms with Crippen LogP contribution in [0.25, 0.3) is 10.2 Å². The van der Waals surface area contributed by atoms with Gasteiger partial charge in [0.2, 0.25) is 0 Å². The van der Waals surface area contributed by atoms with Crippen LogP contribution in [0, 0.1) is 3.95 Å². The van der Waals surface area contributed by atoms with E-state index in [0.717, 1.165) is 38.4 Å². The number of methoxy groups -OCH3 is 1. The molecule has 2 N–H and O–H groups in total. The zero-order valence-corrected chi connectivity index (χ0v) is 20.6. The number of aromatic nitrogens is 1. The predicted molar refractivity (Wildman–Crippen MR) is 135 cm³/mol. The van der Waals surface area contributed by atoms with Crippen molar-refractivity contribution in [2.24, 2.45) is 0 Å². The van der Waals surface area contributed by atoms with Crippen molar-refractivity contribution in [3.63, 3.8) is 0 Å². The molecule has 174 valence electrons. The van der Waals surface area contributed by atoms with Crippen molar-refractivity contribution < 1.29 is 14.3 Å². The fourth-order valence-electron chi connectivity index (χ4n) is 4.12.